The molecule has 0 bridgehead atoms. The van der Waals surface area contributed by atoms with Crippen LogP contribution in [0.15, 0.2) is 36.5 Å². The molecular formula is C25H21ClN4O4. The molecule has 9 heteroatoms. The highest BCUT2D eigenvalue weighted by atomic mass is 35.5. The average Bonchev–Trinajstić information content (AvgIpc) is 3.47. The van der Waals surface area contributed by atoms with Crippen LogP contribution in [-0.2, 0) is 20.8 Å². The van der Waals surface area contributed by atoms with Crippen LogP contribution in [0.1, 0.15) is 51.6 Å². The van der Waals surface area contributed by atoms with Crippen LogP contribution >= 0.6 is 11.6 Å². The number of nitrogens with zero attached hydrogens (tertiary/aromatic N) is 4. The highest BCUT2D eigenvalue weighted by Crippen LogP contribution is 2.38. The van der Waals surface area contributed by atoms with Gasteiger partial charge in [0.25, 0.3) is 0 Å². The molecule has 1 aromatic carbocycles. The molecule has 4 rings (SSSR count). The maximum Gasteiger partial charge on any atom is 0.341 e. The van der Waals surface area contributed by atoms with Crippen molar-refractivity contribution in [3.8, 4) is 23.3 Å². The van der Waals surface area contributed by atoms with Gasteiger partial charge in [-0.1, -0.05) is 23.7 Å². The summed E-state index contributed by atoms with van der Waals surface area (Å²) in [5, 5.41) is 19.3. The van der Waals surface area contributed by atoms with Crippen molar-refractivity contribution in [3.63, 3.8) is 0 Å². The fourth-order valence-electron chi connectivity index (χ4n) is 4.01. The Morgan fingerprint density at radius 2 is 1.94 bits per heavy atom. The van der Waals surface area contributed by atoms with E-state index in [2.05, 4.69) is 17.1 Å². The van der Waals surface area contributed by atoms with Crippen molar-refractivity contribution in [2.24, 2.45) is 0 Å². The second kappa shape index (κ2) is 10.1. The van der Waals surface area contributed by atoms with Gasteiger partial charge in [-0.05, 0) is 43.2 Å². The number of halogens is 1. The number of ether oxygens (including phenoxy) is 3. The standard InChI is InChI=1S/C25H21ClN4O4/c1-3-32-24(31)19-10-17(13-29-23(19)26)14-30-15(2)21(18-6-4-16(11-27)5-7-18)20(12-28)22(30)25-33-8-9-34-25/h4-7,10,13,25H,3,8-9,14H2,1-2H3. The zero-order chi connectivity index (χ0) is 24.2. The molecule has 1 aliphatic rings. The quantitative estimate of drug-likeness (QED) is 0.379. The fraction of sp³-hybridized carbons (Fsp3) is 0.280. The normalized spacial score (nSPS) is 13.4. The van der Waals surface area contributed by atoms with E-state index in [9.17, 15) is 10.1 Å². The smallest absolute Gasteiger partial charge is 0.341 e. The maximum absolute atomic E-state index is 12.3. The van der Waals surface area contributed by atoms with E-state index < -0.39 is 12.3 Å². The van der Waals surface area contributed by atoms with E-state index >= 15 is 0 Å². The van der Waals surface area contributed by atoms with Gasteiger partial charge in [0, 0.05) is 24.0 Å². The topological polar surface area (TPSA) is 110 Å². The predicted octanol–water partition coefficient (Wildman–Crippen LogP) is 4.53. The molecule has 172 valence electrons. The Kier molecular flexibility index (Phi) is 6.95. The Labute approximate surface area is 201 Å². The fourth-order valence-corrected chi connectivity index (χ4v) is 4.20. The Hall–Kier alpha value is -3.69. The Bertz CT molecular complexity index is 1310. The Balaban J connectivity index is 1.84. The molecule has 3 aromatic rings. The number of benzene rings is 1. The van der Waals surface area contributed by atoms with Gasteiger partial charge in [0.1, 0.15) is 11.2 Å². The molecule has 1 saturated heterocycles. The second-order valence-electron chi connectivity index (χ2n) is 7.58. The lowest BCUT2D eigenvalue weighted by molar-refractivity contribution is -0.0497. The molecule has 34 heavy (non-hydrogen) atoms. The summed E-state index contributed by atoms with van der Waals surface area (Å²) in [5.41, 5.74) is 4.75. The summed E-state index contributed by atoms with van der Waals surface area (Å²) in [6, 6.07) is 13.1. The third-order valence-electron chi connectivity index (χ3n) is 5.55. The van der Waals surface area contributed by atoms with Crippen LogP contribution < -0.4 is 0 Å². The molecule has 8 nitrogen and oxygen atoms in total. The van der Waals surface area contributed by atoms with Gasteiger partial charge in [0.2, 0.25) is 6.29 Å². The maximum atomic E-state index is 12.3. The minimum atomic E-state index is -0.703. The summed E-state index contributed by atoms with van der Waals surface area (Å²) in [6.07, 6.45) is 0.878. The molecule has 3 heterocycles. The minimum Gasteiger partial charge on any atom is -0.462 e. The van der Waals surface area contributed by atoms with Crippen molar-refractivity contribution in [1.29, 1.82) is 10.5 Å². The van der Waals surface area contributed by atoms with Crippen LogP contribution in [0.4, 0.5) is 0 Å². The van der Waals surface area contributed by atoms with Crippen molar-refractivity contribution in [3.05, 3.63) is 75.3 Å². The molecule has 0 spiro atoms. The number of carbonyl (C=O) groups is 1. The van der Waals surface area contributed by atoms with Crippen molar-refractivity contribution < 1.29 is 19.0 Å². The van der Waals surface area contributed by atoms with Crippen LogP contribution in [0.25, 0.3) is 11.1 Å². The molecular weight excluding hydrogens is 456 g/mol. The summed E-state index contributed by atoms with van der Waals surface area (Å²) in [4.78, 5) is 16.5. The summed E-state index contributed by atoms with van der Waals surface area (Å²) >= 11 is 6.13. The third-order valence-corrected chi connectivity index (χ3v) is 5.86. The number of rotatable bonds is 6. The molecule has 0 amide bonds. The number of aromatic nitrogens is 2. The number of nitriles is 2. The number of hydrogen-bond acceptors (Lipinski definition) is 7. The van der Waals surface area contributed by atoms with Crippen LogP contribution in [0, 0.1) is 29.6 Å². The average molecular weight is 477 g/mol. The van der Waals surface area contributed by atoms with Crippen LogP contribution in [-0.4, -0.2) is 35.3 Å². The van der Waals surface area contributed by atoms with Gasteiger partial charge >= 0.3 is 5.97 Å². The van der Waals surface area contributed by atoms with Crippen molar-refractivity contribution in [1.82, 2.24) is 9.55 Å². The molecule has 0 unspecified atom stereocenters. The molecule has 1 aliphatic heterocycles. The monoisotopic (exact) mass is 476 g/mol. The number of pyridine rings is 1. The van der Waals surface area contributed by atoms with E-state index in [1.54, 1.807) is 31.3 Å². The first kappa shape index (κ1) is 23.5. The second-order valence-corrected chi connectivity index (χ2v) is 7.94. The van der Waals surface area contributed by atoms with Crippen molar-refractivity contribution in [2.45, 2.75) is 26.7 Å². The van der Waals surface area contributed by atoms with Gasteiger partial charge in [-0.2, -0.15) is 10.5 Å². The first-order valence-electron chi connectivity index (χ1n) is 10.7. The molecule has 0 saturated carbocycles. The predicted molar refractivity (Wildman–Crippen MR) is 123 cm³/mol. The minimum absolute atomic E-state index is 0.0603. The Morgan fingerprint density at radius 1 is 1.24 bits per heavy atom. The van der Waals surface area contributed by atoms with E-state index in [0.29, 0.717) is 42.1 Å². The van der Waals surface area contributed by atoms with Gasteiger partial charge in [-0.15, -0.1) is 0 Å². The first-order valence-corrected chi connectivity index (χ1v) is 11.0. The lowest BCUT2D eigenvalue weighted by Crippen LogP contribution is -2.13. The summed E-state index contributed by atoms with van der Waals surface area (Å²) in [5.74, 6) is -0.551. The van der Waals surface area contributed by atoms with E-state index in [4.69, 9.17) is 31.1 Å². The highest BCUT2D eigenvalue weighted by molar-refractivity contribution is 6.32. The van der Waals surface area contributed by atoms with E-state index in [-0.39, 0.29) is 17.3 Å². The zero-order valence-electron chi connectivity index (χ0n) is 18.7. The highest BCUT2D eigenvalue weighted by Gasteiger charge is 2.31. The zero-order valence-corrected chi connectivity index (χ0v) is 19.4. The molecule has 2 aromatic heterocycles. The van der Waals surface area contributed by atoms with Gasteiger partial charge in [0.15, 0.2) is 0 Å². The van der Waals surface area contributed by atoms with Gasteiger partial charge in [-0.3, -0.25) is 0 Å². The summed E-state index contributed by atoms with van der Waals surface area (Å²) < 4.78 is 18.5. The third kappa shape index (κ3) is 4.40. The van der Waals surface area contributed by atoms with Crippen LogP contribution in [0.2, 0.25) is 5.15 Å². The first-order chi connectivity index (χ1) is 16.5. The summed E-state index contributed by atoms with van der Waals surface area (Å²) in [7, 11) is 0. The van der Waals surface area contributed by atoms with Crippen LogP contribution in [0.5, 0.6) is 0 Å². The largest absolute Gasteiger partial charge is 0.462 e. The number of carbonyl (C=O) groups excluding carboxylic acids is 1. The van der Waals surface area contributed by atoms with Crippen LogP contribution in [0.3, 0.4) is 0 Å². The molecule has 0 radical (unpaired) electrons. The number of esters is 1. The molecule has 0 aliphatic carbocycles. The number of hydrogen-bond donors (Lipinski definition) is 0. The van der Waals surface area contributed by atoms with E-state index in [0.717, 1.165) is 16.8 Å². The van der Waals surface area contributed by atoms with E-state index in [1.807, 2.05) is 23.6 Å². The Morgan fingerprint density at radius 3 is 2.56 bits per heavy atom. The SMILES string of the molecule is CCOC(=O)c1cc(Cn2c(C)c(-c3ccc(C#N)cc3)c(C#N)c2C2OCCO2)cnc1Cl. The lowest BCUT2D eigenvalue weighted by atomic mass is 10.00. The van der Waals surface area contributed by atoms with E-state index in [1.165, 1.54) is 0 Å². The van der Waals surface area contributed by atoms with Crippen molar-refractivity contribution in [2.75, 3.05) is 19.8 Å². The summed E-state index contributed by atoms with van der Waals surface area (Å²) in [6.45, 7) is 4.97. The van der Waals surface area contributed by atoms with Gasteiger partial charge in [0.05, 0.1) is 48.3 Å². The molecule has 1 fully saturated rings. The van der Waals surface area contributed by atoms with Crippen molar-refractivity contribution >= 4 is 17.6 Å². The molecule has 0 atom stereocenters. The van der Waals surface area contributed by atoms with Gasteiger partial charge in [-0.25, -0.2) is 9.78 Å². The lowest BCUT2D eigenvalue weighted by Gasteiger charge is -2.16. The molecule has 0 N–H and O–H groups in total. The van der Waals surface area contributed by atoms with Gasteiger partial charge < -0.3 is 18.8 Å².